The Morgan fingerprint density at radius 1 is 1.19 bits per heavy atom. The van der Waals surface area contributed by atoms with Gasteiger partial charge >= 0.3 is 5.97 Å². The number of ether oxygens (including phenoxy) is 1. The molecule has 0 fully saturated rings. The van der Waals surface area contributed by atoms with E-state index in [0.717, 1.165) is 0 Å². The van der Waals surface area contributed by atoms with Gasteiger partial charge in [0.15, 0.2) is 0 Å². The lowest BCUT2D eigenvalue weighted by atomic mass is 10.3. The first kappa shape index (κ1) is 10.6. The van der Waals surface area contributed by atoms with Gasteiger partial charge in [0.05, 0.1) is 5.56 Å². The number of halogens is 1. The van der Waals surface area contributed by atoms with E-state index in [1.54, 1.807) is 42.6 Å². The van der Waals surface area contributed by atoms with Crippen LogP contribution in [-0.2, 0) is 0 Å². The third kappa shape index (κ3) is 2.58. The molecular formula is C12H8ClNO2. The molecule has 0 bridgehead atoms. The molecule has 0 spiro atoms. The Hall–Kier alpha value is -1.87. The molecule has 16 heavy (non-hydrogen) atoms. The fraction of sp³-hybridized carbons (Fsp3) is 0. The summed E-state index contributed by atoms with van der Waals surface area (Å²) >= 11 is 5.71. The Labute approximate surface area is 97.7 Å². The fourth-order valence-electron chi connectivity index (χ4n) is 1.15. The quantitative estimate of drug-likeness (QED) is 0.591. The van der Waals surface area contributed by atoms with Crippen molar-refractivity contribution in [2.45, 2.75) is 0 Å². The van der Waals surface area contributed by atoms with Crippen molar-refractivity contribution >= 4 is 17.6 Å². The van der Waals surface area contributed by atoms with E-state index in [0.29, 0.717) is 16.3 Å². The first-order valence-corrected chi connectivity index (χ1v) is 5.01. The summed E-state index contributed by atoms with van der Waals surface area (Å²) < 4.78 is 5.12. The number of rotatable bonds is 2. The molecule has 0 aliphatic heterocycles. The van der Waals surface area contributed by atoms with E-state index in [1.165, 1.54) is 6.20 Å². The Bertz CT molecular complexity index is 482. The van der Waals surface area contributed by atoms with E-state index in [2.05, 4.69) is 4.98 Å². The fourth-order valence-corrected chi connectivity index (χ4v) is 1.28. The Morgan fingerprint density at radius 3 is 2.56 bits per heavy atom. The van der Waals surface area contributed by atoms with Crippen LogP contribution < -0.4 is 4.74 Å². The average Bonchev–Trinajstić information content (AvgIpc) is 2.33. The zero-order valence-corrected chi connectivity index (χ0v) is 9.02. The third-order valence-electron chi connectivity index (χ3n) is 1.92. The van der Waals surface area contributed by atoms with Crippen LogP contribution in [-0.4, -0.2) is 11.0 Å². The number of pyridine rings is 1. The van der Waals surface area contributed by atoms with Crippen LogP contribution in [0.25, 0.3) is 0 Å². The second-order valence-electron chi connectivity index (χ2n) is 3.09. The van der Waals surface area contributed by atoms with E-state index in [-0.39, 0.29) is 0 Å². The molecule has 1 aromatic carbocycles. The van der Waals surface area contributed by atoms with Crippen molar-refractivity contribution in [2.24, 2.45) is 0 Å². The molecule has 0 saturated carbocycles. The zero-order valence-electron chi connectivity index (χ0n) is 8.26. The number of benzene rings is 1. The van der Waals surface area contributed by atoms with Gasteiger partial charge in [0, 0.05) is 17.4 Å². The Kier molecular flexibility index (Phi) is 3.17. The number of carbonyl (C=O) groups excluding carboxylic acids is 1. The zero-order chi connectivity index (χ0) is 11.4. The van der Waals surface area contributed by atoms with Gasteiger partial charge in [-0.3, -0.25) is 4.98 Å². The van der Waals surface area contributed by atoms with Crippen molar-refractivity contribution in [2.75, 3.05) is 0 Å². The SMILES string of the molecule is O=C(Oc1ccc(Cl)cc1)c1cccnc1. The van der Waals surface area contributed by atoms with Crippen molar-refractivity contribution < 1.29 is 9.53 Å². The highest BCUT2D eigenvalue weighted by atomic mass is 35.5. The first-order valence-electron chi connectivity index (χ1n) is 4.63. The molecule has 3 nitrogen and oxygen atoms in total. The summed E-state index contributed by atoms with van der Waals surface area (Å²) in [4.78, 5) is 15.4. The smallest absolute Gasteiger partial charge is 0.345 e. The summed E-state index contributed by atoms with van der Waals surface area (Å²) in [5.74, 6) is 0.0219. The minimum Gasteiger partial charge on any atom is -0.423 e. The van der Waals surface area contributed by atoms with Crippen LogP contribution in [0.4, 0.5) is 0 Å². The summed E-state index contributed by atoms with van der Waals surface area (Å²) in [5.41, 5.74) is 0.414. The van der Waals surface area contributed by atoms with Crippen LogP contribution in [0.3, 0.4) is 0 Å². The molecule has 80 valence electrons. The van der Waals surface area contributed by atoms with E-state index >= 15 is 0 Å². The van der Waals surface area contributed by atoms with E-state index < -0.39 is 5.97 Å². The van der Waals surface area contributed by atoms with Gasteiger partial charge in [-0.15, -0.1) is 0 Å². The highest BCUT2D eigenvalue weighted by Gasteiger charge is 2.07. The lowest BCUT2D eigenvalue weighted by molar-refractivity contribution is 0.0734. The topological polar surface area (TPSA) is 39.2 Å². The van der Waals surface area contributed by atoms with Gasteiger partial charge in [-0.25, -0.2) is 4.79 Å². The summed E-state index contributed by atoms with van der Waals surface area (Å²) in [5, 5.41) is 0.598. The minimum atomic E-state index is -0.435. The summed E-state index contributed by atoms with van der Waals surface area (Å²) in [7, 11) is 0. The Balaban J connectivity index is 2.11. The molecule has 2 rings (SSSR count). The number of aromatic nitrogens is 1. The molecule has 4 heteroatoms. The van der Waals surface area contributed by atoms with Crippen molar-refractivity contribution in [1.82, 2.24) is 4.98 Å². The number of esters is 1. The van der Waals surface area contributed by atoms with Gasteiger partial charge in [0.2, 0.25) is 0 Å². The summed E-state index contributed by atoms with van der Waals surface area (Å²) in [6, 6.07) is 9.91. The van der Waals surface area contributed by atoms with Crippen molar-refractivity contribution in [3.63, 3.8) is 0 Å². The van der Waals surface area contributed by atoms with Crippen LogP contribution in [0.15, 0.2) is 48.8 Å². The average molecular weight is 234 g/mol. The number of carbonyl (C=O) groups is 1. The lowest BCUT2D eigenvalue weighted by Gasteiger charge is -2.03. The number of hydrogen-bond donors (Lipinski definition) is 0. The van der Waals surface area contributed by atoms with Gasteiger partial charge in [-0.2, -0.15) is 0 Å². The maximum absolute atomic E-state index is 11.6. The minimum absolute atomic E-state index is 0.414. The molecule has 0 aliphatic carbocycles. The van der Waals surface area contributed by atoms with Gasteiger partial charge in [0.1, 0.15) is 5.75 Å². The lowest BCUT2D eigenvalue weighted by Crippen LogP contribution is -2.08. The maximum atomic E-state index is 11.6. The largest absolute Gasteiger partial charge is 0.423 e. The van der Waals surface area contributed by atoms with E-state index in [1.807, 2.05) is 0 Å². The second kappa shape index (κ2) is 4.77. The molecule has 0 atom stereocenters. The van der Waals surface area contributed by atoms with Gasteiger partial charge in [-0.05, 0) is 36.4 Å². The van der Waals surface area contributed by atoms with Crippen molar-refractivity contribution in [1.29, 1.82) is 0 Å². The first-order chi connectivity index (χ1) is 7.75. The van der Waals surface area contributed by atoms with Gasteiger partial charge in [0.25, 0.3) is 0 Å². The highest BCUT2D eigenvalue weighted by molar-refractivity contribution is 6.30. The van der Waals surface area contributed by atoms with Crippen molar-refractivity contribution in [3.05, 3.63) is 59.4 Å². The second-order valence-corrected chi connectivity index (χ2v) is 3.52. The molecule has 0 saturated heterocycles. The maximum Gasteiger partial charge on any atom is 0.345 e. The van der Waals surface area contributed by atoms with Crippen LogP contribution in [0.5, 0.6) is 5.75 Å². The monoisotopic (exact) mass is 233 g/mol. The molecule has 0 unspecified atom stereocenters. The standard InChI is InChI=1S/C12H8ClNO2/c13-10-3-5-11(6-4-10)16-12(15)9-2-1-7-14-8-9/h1-8H. The molecule has 1 aromatic heterocycles. The molecule has 2 aromatic rings. The molecular weight excluding hydrogens is 226 g/mol. The predicted molar refractivity (Wildman–Crippen MR) is 60.6 cm³/mol. The van der Waals surface area contributed by atoms with Gasteiger partial charge in [-0.1, -0.05) is 11.6 Å². The number of nitrogens with zero attached hydrogens (tertiary/aromatic N) is 1. The summed E-state index contributed by atoms with van der Waals surface area (Å²) in [6.07, 6.45) is 3.05. The number of hydrogen-bond acceptors (Lipinski definition) is 3. The van der Waals surface area contributed by atoms with Crippen LogP contribution in [0.1, 0.15) is 10.4 Å². The third-order valence-corrected chi connectivity index (χ3v) is 2.17. The predicted octanol–water partition coefficient (Wildman–Crippen LogP) is 2.95. The van der Waals surface area contributed by atoms with E-state index in [4.69, 9.17) is 16.3 Å². The molecule has 0 N–H and O–H groups in total. The van der Waals surface area contributed by atoms with Gasteiger partial charge < -0.3 is 4.74 Å². The highest BCUT2D eigenvalue weighted by Crippen LogP contribution is 2.16. The molecule has 0 amide bonds. The van der Waals surface area contributed by atoms with Crippen LogP contribution in [0.2, 0.25) is 5.02 Å². The summed E-state index contributed by atoms with van der Waals surface area (Å²) in [6.45, 7) is 0. The Morgan fingerprint density at radius 2 is 1.94 bits per heavy atom. The molecule has 0 radical (unpaired) electrons. The van der Waals surface area contributed by atoms with E-state index in [9.17, 15) is 4.79 Å². The molecule has 0 aliphatic rings. The van der Waals surface area contributed by atoms with Crippen LogP contribution in [0, 0.1) is 0 Å². The van der Waals surface area contributed by atoms with Crippen LogP contribution >= 0.6 is 11.6 Å². The van der Waals surface area contributed by atoms with Crippen molar-refractivity contribution in [3.8, 4) is 5.75 Å². The molecule has 1 heterocycles. The normalized spacial score (nSPS) is 9.81.